The molecule has 1 unspecified atom stereocenters. The van der Waals surface area contributed by atoms with E-state index in [0.717, 1.165) is 103 Å². The SMILES string of the molecule is CC/C=C\C/C=C\C/C=C\C/C=C\CCCCCCCCC(=O)OC(COC(=O)CCCCCCCCCCCCCC)COC(=O)CCCCCCCCCCCCC/C=C\C/C=C\CCCCCCC. The number of carbonyl (C=O) groups excluding carboxylic acids is 3. The average Bonchev–Trinajstić information content (AvgIpc) is 3.38. The minimum Gasteiger partial charge on any atom is -0.462 e. The molecule has 0 rings (SSSR count). The van der Waals surface area contributed by atoms with E-state index in [1.807, 2.05) is 0 Å². The predicted octanol–water partition coefficient (Wildman–Crippen LogP) is 20.9. The van der Waals surface area contributed by atoms with Crippen LogP contribution in [0.2, 0.25) is 0 Å². The molecule has 6 heteroatoms. The molecule has 0 aliphatic heterocycles. The summed E-state index contributed by atoms with van der Waals surface area (Å²) in [6, 6.07) is 0. The highest BCUT2D eigenvalue weighted by atomic mass is 16.6. The van der Waals surface area contributed by atoms with Gasteiger partial charge in [-0.1, -0.05) is 273 Å². The zero-order chi connectivity index (χ0) is 52.2. The Morgan fingerprint density at radius 2 is 0.542 bits per heavy atom. The lowest BCUT2D eigenvalue weighted by Gasteiger charge is -2.18. The van der Waals surface area contributed by atoms with Crippen molar-refractivity contribution in [1.29, 1.82) is 0 Å². The van der Waals surface area contributed by atoms with E-state index in [0.29, 0.717) is 19.3 Å². The summed E-state index contributed by atoms with van der Waals surface area (Å²) < 4.78 is 16.9. The van der Waals surface area contributed by atoms with Crippen LogP contribution in [0.4, 0.5) is 0 Å². The van der Waals surface area contributed by atoms with E-state index in [9.17, 15) is 14.4 Å². The maximum absolute atomic E-state index is 12.9. The van der Waals surface area contributed by atoms with Crippen LogP contribution in [0.1, 0.15) is 310 Å². The third kappa shape index (κ3) is 57.7. The molecule has 6 nitrogen and oxygen atoms in total. The molecule has 0 saturated carbocycles. The van der Waals surface area contributed by atoms with E-state index in [1.54, 1.807) is 0 Å². The second-order valence-electron chi connectivity index (χ2n) is 20.6. The molecule has 0 bridgehead atoms. The predicted molar refractivity (Wildman–Crippen MR) is 311 cm³/mol. The average molecular weight is 1010 g/mol. The van der Waals surface area contributed by atoms with Gasteiger partial charge in [-0.05, 0) is 89.9 Å². The Balaban J connectivity index is 4.32. The summed E-state index contributed by atoms with van der Waals surface area (Å²) in [6.07, 6.45) is 77.6. The first-order valence-electron chi connectivity index (χ1n) is 30.9. The quantitative estimate of drug-likeness (QED) is 0.0261. The Hall–Kier alpha value is -3.15. The van der Waals surface area contributed by atoms with E-state index in [-0.39, 0.29) is 31.1 Å². The monoisotopic (exact) mass is 1000 g/mol. The maximum Gasteiger partial charge on any atom is 0.306 e. The fourth-order valence-electron chi connectivity index (χ4n) is 8.82. The molecule has 0 aromatic rings. The molecule has 0 heterocycles. The Morgan fingerprint density at radius 3 is 0.847 bits per heavy atom. The number of hydrogen-bond donors (Lipinski definition) is 0. The smallest absolute Gasteiger partial charge is 0.306 e. The van der Waals surface area contributed by atoms with Crippen molar-refractivity contribution in [1.82, 2.24) is 0 Å². The number of allylic oxidation sites excluding steroid dienone is 12. The van der Waals surface area contributed by atoms with Gasteiger partial charge >= 0.3 is 17.9 Å². The lowest BCUT2D eigenvalue weighted by Crippen LogP contribution is -2.30. The summed E-state index contributed by atoms with van der Waals surface area (Å²) >= 11 is 0. The van der Waals surface area contributed by atoms with Gasteiger partial charge in [0, 0.05) is 19.3 Å². The summed E-state index contributed by atoms with van der Waals surface area (Å²) in [5, 5.41) is 0. The molecule has 0 spiro atoms. The molecule has 0 N–H and O–H groups in total. The Bertz CT molecular complexity index is 1340. The minimum absolute atomic E-state index is 0.0792. The lowest BCUT2D eigenvalue weighted by molar-refractivity contribution is -0.167. The van der Waals surface area contributed by atoms with E-state index < -0.39 is 6.10 Å². The topological polar surface area (TPSA) is 78.9 Å². The second-order valence-corrected chi connectivity index (χ2v) is 20.6. The number of carbonyl (C=O) groups is 3. The van der Waals surface area contributed by atoms with Crippen molar-refractivity contribution in [3.8, 4) is 0 Å². The highest BCUT2D eigenvalue weighted by Crippen LogP contribution is 2.16. The van der Waals surface area contributed by atoms with Crippen LogP contribution < -0.4 is 0 Å². The molecule has 1 atom stereocenters. The van der Waals surface area contributed by atoms with Gasteiger partial charge in [0.05, 0.1) is 0 Å². The van der Waals surface area contributed by atoms with Crippen LogP contribution in [-0.4, -0.2) is 37.2 Å². The molecule has 0 aliphatic carbocycles. The van der Waals surface area contributed by atoms with Crippen molar-refractivity contribution in [3.63, 3.8) is 0 Å². The normalized spacial score (nSPS) is 12.5. The maximum atomic E-state index is 12.9. The van der Waals surface area contributed by atoms with Gasteiger partial charge < -0.3 is 14.2 Å². The van der Waals surface area contributed by atoms with Crippen LogP contribution in [0, 0.1) is 0 Å². The summed E-state index contributed by atoms with van der Waals surface area (Å²) in [5.41, 5.74) is 0. The molecule has 416 valence electrons. The van der Waals surface area contributed by atoms with Gasteiger partial charge in [0.15, 0.2) is 6.10 Å². The molecular weight excluding hydrogens is 889 g/mol. The van der Waals surface area contributed by atoms with Crippen LogP contribution in [0.15, 0.2) is 72.9 Å². The molecular formula is C66H116O6. The number of unbranched alkanes of at least 4 members (excludes halogenated alkanes) is 33. The lowest BCUT2D eigenvalue weighted by atomic mass is 10.0. The van der Waals surface area contributed by atoms with Crippen LogP contribution in [0.5, 0.6) is 0 Å². The molecule has 72 heavy (non-hydrogen) atoms. The number of esters is 3. The van der Waals surface area contributed by atoms with Crippen LogP contribution in [0.3, 0.4) is 0 Å². The standard InChI is InChI=1S/C66H116O6/c1-4-7-10-13-16-19-22-25-27-29-31-32-33-34-36-37-39-41-44-47-50-53-56-59-65(68)71-62-63(61-70-64(67)58-55-52-49-46-43-24-21-18-15-12-9-6-3)72-66(69)60-57-54-51-48-45-42-40-38-35-30-28-26-23-20-17-14-11-8-5-2/h8,11,17,20,22,25-26,28-29,31,35,38,63H,4-7,9-10,12-16,18-19,21,23-24,27,30,32-34,36-37,39-62H2,1-3H3/b11-8-,20-17-,25-22-,28-26-,31-29-,38-35-. The first-order valence-corrected chi connectivity index (χ1v) is 30.9. The van der Waals surface area contributed by atoms with Crippen molar-refractivity contribution in [2.24, 2.45) is 0 Å². The van der Waals surface area contributed by atoms with E-state index in [1.165, 1.54) is 167 Å². The zero-order valence-corrected chi connectivity index (χ0v) is 47.7. The van der Waals surface area contributed by atoms with Gasteiger partial charge in [-0.15, -0.1) is 0 Å². The largest absolute Gasteiger partial charge is 0.462 e. The third-order valence-corrected chi connectivity index (χ3v) is 13.4. The van der Waals surface area contributed by atoms with Gasteiger partial charge in [-0.2, -0.15) is 0 Å². The Kier molecular flexibility index (Phi) is 57.8. The minimum atomic E-state index is -0.783. The molecule has 0 fully saturated rings. The molecule has 0 saturated heterocycles. The van der Waals surface area contributed by atoms with Crippen molar-refractivity contribution in [3.05, 3.63) is 72.9 Å². The summed E-state index contributed by atoms with van der Waals surface area (Å²) in [6.45, 7) is 6.53. The first kappa shape index (κ1) is 68.8. The summed E-state index contributed by atoms with van der Waals surface area (Å²) in [4.78, 5) is 38.2. The number of rotatable bonds is 56. The van der Waals surface area contributed by atoms with Gasteiger partial charge in [0.2, 0.25) is 0 Å². The zero-order valence-electron chi connectivity index (χ0n) is 47.7. The van der Waals surface area contributed by atoms with Gasteiger partial charge in [-0.3, -0.25) is 14.4 Å². The van der Waals surface area contributed by atoms with Crippen LogP contribution >= 0.6 is 0 Å². The molecule has 0 radical (unpaired) electrons. The Morgan fingerprint density at radius 1 is 0.292 bits per heavy atom. The van der Waals surface area contributed by atoms with Crippen molar-refractivity contribution < 1.29 is 28.6 Å². The van der Waals surface area contributed by atoms with Gasteiger partial charge in [-0.25, -0.2) is 0 Å². The van der Waals surface area contributed by atoms with Gasteiger partial charge in [0.1, 0.15) is 13.2 Å². The highest BCUT2D eigenvalue weighted by Gasteiger charge is 2.19. The van der Waals surface area contributed by atoms with Gasteiger partial charge in [0.25, 0.3) is 0 Å². The second kappa shape index (κ2) is 60.4. The molecule has 0 amide bonds. The van der Waals surface area contributed by atoms with Crippen molar-refractivity contribution >= 4 is 17.9 Å². The number of hydrogen-bond acceptors (Lipinski definition) is 6. The van der Waals surface area contributed by atoms with E-state index in [4.69, 9.17) is 14.2 Å². The summed E-state index contributed by atoms with van der Waals surface area (Å²) in [5.74, 6) is -0.883. The van der Waals surface area contributed by atoms with Crippen LogP contribution in [-0.2, 0) is 28.6 Å². The fourth-order valence-corrected chi connectivity index (χ4v) is 8.82. The third-order valence-electron chi connectivity index (χ3n) is 13.4. The van der Waals surface area contributed by atoms with E-state index >= 15 is 0 Å². The summed E-state index contributed by atoms with van der Waals surface area (Å²) in [7, 11) is 0. The van der Waals surface area contributed by atoms with Crippen molar-refractivity contribution in [2.75, 3.05) is 13.2 Å². The first-order chi connectivity index (χ1) is 35.5. The van der Waals surface area contributed by atoms with E-state index in [2.05, 4.69) is 93.7 Å². The molecule has 0 aromatic carbocycles. The van der Waals surface area contributed by atoms with Crippen LogP contribution in [0.25, 0.3) is 0 Å². The molecule has 0 aromatic heterocycles. The highest BCUT2D eigenvalue weighted by molar-refractivity contribution is 5.71. The Labute approximate surface area is 446 Å². The number of ether oxygens (including phenoxy) is 3. The molecule has 0 aliphatic rings. The van der Waals surface area contributed by atoms with Crippen molar-refractivity contribution in [2.45, 2.75) is 316 Å². The fraction of sp³-hybridized carbons (Fsp3) is 0.773.